The molecule has 1 aliphatic heterocycles. The Hall–Kier alpha value is -1.78. The first-order chi connectivity index (χ1) is 9.11. The minimum absolute atomic E-state index is 0.0841. The van der Waals surface area contributed by atoms with Gasteiger partial charge in [0.25, 0.3) is 0 Å². The zero-order chi connectivity index (χ0) is 13.8. The molecule has 0 aromatic carbocycles. The van der Waals surface area contributed by atoms with E-state index in [1.54, 1.807) is 11.0 Å². The third-order valence-electron chi connectivity index (χ3n) is 3.44. The average Bonchev–Trinajstić information content (AvgIpc) is 2.89. The largest absolute Gasteiger partial charge is 0.458 e. The monoisotopic (exact) mass is 264 g/mol. The lowest BCUT2D eigenvalue weighted by atomic mass is 10.1. The van der Waals surface area contributed by atoms with Gasteiger partial charge in [0.15, 0.2) is 0 Å². The Bertz CT molecular complexity index is 445. The van der Waals surface area contributed by atoms with Gasteiger partial charge in [0, 0.05) is 38.2 Å². The second-order valence-corrected chi connectivity index (χ2v) is 5.14. The number of piperidine rings is 1. The zero-order valence-corrected chi connectivity index (χ0v) is 11.4. The van der Waals surface area contributed by atoms with Crippen molar-refractivity contribution in [1.29, 1.82) is 0 Å². The highest BCUT2D eigenvalue weighted by Gasteiger charge is 2.23. The summed E-state index contributed by atoms with van der Waals surface area (Å²) in [7, 11) is 0. The van der Waals surface area contributed by atoms with Gasteiger partial charge in [-0.1, -0.05) is 0 Å². The number of amides is 1. The predicted octanol–water partition coefficient (Wildman–Crippen LogP) is 1.85. The quantitative estimate of drug-likeness (QED) is 0.616. The summed E-state index contributed by atoms with van der Waals surface area (Å²) in [6.07, 6.45) is 4.08. The standard InChI is InChI=1S/C14H20N2O3/c1-11(2)16-7-3-4-13(16)14(18)19-12-5-8-15(10-17)9-6-12/h3-4,7,10-12H,5-6,8-9H2,1-2H3. The van der Waals surface area contributed by atoms with Crippen LogP contribution < -0.4 is 0 Å². The van der Waals surface area contributed by atoms with E-state index >= 15 is 0 Å². The lowest BCUT2D eigenvalue weighted by Crippen LogP contribution is -2.37. The van der Waals surface area contributed by atoms with Crippen molar-refractivity contribution in [3.05, 3.63) is 24.0 Å². The molecule has 1 fully saturated rings. The van der Waals surface area contributed by atoms with Crippen LogP contribution in [0.5, 0.6) is 0 Å². The number of carbonyl (C=O) groups is 2. The van der Waals surface area contributed by atoms with Crippen molar-refractivity contribution in [3.63, 3.8) is 0 Å². The average molecular weight is 264 g/mol. The molecule has 0 saturated carbocycles. The second-order valence-electron chi connectivity index (χ2n) is 5.14. The fraction of sp³-hybridized carbons (Fsp3) is 0.571. The van der Waals surface area contributed by atoms with E-state index in [1.165, 1.54) is 0 Å². The van der Waals surface area contributed by atoms with Gasteiger partial charge in [-0.3, -0.25) is 4.79 Å². The van der Waals surface area contributed by atoms with Crippen LogP contribution in [0.3, 0.4) is 0 Å². The highest BCUT2D eigenvalue weighted by molar-refractivity contribution is 5.87. The molecule has 19 heavy (non-hydrogen) atoms. The molecular formula is C14H20N2O3. The van der Waals surface area contributed by atoms with Gasteiger partial charge in [-0.2, -0.15) is 0 Å². The van der Waals surface area contributed by atoms with E-state index in [4.69, 9.17) is 4.74 Å². The van der Waals surface area contributed by atoms with Crippen molar-refractivity contribution in [3.8, 4) is 0 Å². The first-order valence-corrected chi connectivity index (χ1v) is 6.69. The Kier molecular flexibility index (Phi) is 4.24. The van der Waals surface area contributed by atoms with Crippen molar-refractivity contribution in [2.45, 2.75) is 38.8 Å². The fourth-order valence-electron chi connectivity index (χ4n) is 2.33. The maximum absolute atomic E-state index is 12.1. The van der Waals surface area contributed by atoms with Crippen LogP contribution in [0, 0.1) is 0 Å². The molecular weight excluding hydrogens is 244 g/mol. The van der Waals surface area contributed by atoms with Crippen LogP contribution in [-0.4, -0.2) is 41.0 Å². The van der Waals surface area contributed by atoms with Crippen molar-refractivity contribution in [2.75, 3.05) is 13.1 Å². The normalized spacial score (nSPS) is 16.7. The fourth-order valence-corrected chi connectivity index (χ4v) is 2.33. The SMILES string of the molecule is CC(C)n1cccc1C(=O)OC1CCN(C=O)CC1. The molecule has 0 radical (unpaired) electrons. The first kappa shape index (κ1) is 13.6. The van der Waals surface area contributed by atoms with Gasteiger partial charge in [-0.25, -0.2) is 4.79 Å². The smallest absolute Gasteiger partial charge is 0.355 e. The molecule has 1 aromatic rings. The summed E-state index contributed by atoms with van der Waals surface area (Å²) in [4.78, 5) is 24.4. The molecule has 5 heteroatoms. The van der Waals surface area contributed by atoms with Crippen LogP contribution in [0.25, 0.3) is 0 Å². The Morgan fingerprint density at radius 3 is 2.68 bits per heavy atom. The van der Waals surface area contributed by atoms with Crippen LogP contribution in [-0.2, 0) is 9.53 Å². The van der Waals surface area contributed by atoms with E-state index in [9.17, 15) is 9.59 Å². The molecule has 2 heterocycles. The van der Waals surface area contributed by atoms with Crippen LogP contribution >= 0.6 is 0 Å². The third kappa shape index (κ3) is 3.16. The number of nitrogens with zero attached hydrogens (tertiary/aromatic N) is 2. The van der Waals surface area contributed by atoms with Gasteiger partial charge in [0.2, 0.25) is 6.41 Å². The molecule has 5 nitrogen and oxygen atoms in total. The summed E-state index contributed by atoms with van der Waals surface area (Å²) in [5, 5.41) is 0. The number of aromatic nitrogens is 1. The van der Waals surface area contributed by atoms with Gasteiger partial charge in [0.05, 0.1) is 0 Å². The highest BCUT2D eigenvalue weighted by atomic mass is 16.5. The molecule has 1 aliphatic rings. The Morgan fingerprint density at radius 2 is 2.11 bits per heavy atom. The summed E-state index contributed by atoms with van der Waals surface area (Å²) in [6, 6.07) is 3.86. The second kappa shape index (κ2) is 5.91. The van der Waals surface area contributed by atoms with Gasteiger partial charge in [-0.15, -0.1) is 0 Å². The third-order valence-corrected chi connectivity index (χ3v) is 3.44. The lowest BCUT2D eigenvalue weighted by molar-refractivity contribution is -0.120. The number of carbonyl (C=O) groups excluding carboxylic acids is 2. The minimum atomic E-state index is -0.275. The number of ether oxygens (including phenoxy) is 1. The summed E-state index contributed by atoms with van der Waals surface area (Å²) in [5.74, 6) is -0.275. The zero-order valence-electron chi connectivity index (χ0n) is 11.4. The molecule has 0 unspecified atom stereocenters. The summed E-state index contributed by atoms with van der Waals surface area (Å²) >= 11 is 0. The molecule has 0 atom stereocenters. The van der Waals surface area contributed by atoms with E-state index in [0.29, 0.717) is 31.6 Å². The van der Waals surface area contributed by atoms with Crippen molar-refractivity contribution >= 4 is 12.4 Å². The number of rotatable bonds is 4. The summed E-state index contributed by atoms with van der Waals surface area (Å²) in [6.45, 7) is 5.37. The molecule has 104 valence electrons. The maximum atomic E-state index is 12.1. The topological polar surface area (TPSA) is 51.5 Å². The van der Waals surface area contributed by atoms with Crippen LogP contribution in [0.15, 0.2) is 18.3 Å². The molecule has 1 amide bonds. The van der Waals surface area contributed by atoms with Crippen molar-refractivity contribution < 1.29 is 14.3 Å². The van der Waals surface area contributed by atoms with Gasteiger partial charge >= 0.3 is 5.97 Å². The molecule has 0 bridgehead atoms. The molecule has 0 aliphatic carbocycles. The predicted molar refractivity (Wildman–Crippen MR) is 70.9 cm³/mol. The Labute approximate surface area is 113 Å². The lowest BCUT2D eigenvalue weighted by Gasteiger charge is -2.29. The van der Waals surface area contributed by atoms with Crippen molar-refractivity contribution in [2.24, 2.45) is 0 Å². The number of likely N-dealkylation sites (tertiary alicyclic amines) is 1. The molecule has 1 aromatic heterocycles. The van der Waals surface area contributed by atoms with Crippen LogP contribution in [0.4, 0.5) is 0 Å². The number of hydrogen-bond acceptors (Lipinski definition) is 3. The first-order valence-electron chi connectivity index (χ1n) is 6.69. The van der Waals surface area contributed by atoms with Gasteiger partial charge in [0.1, 0.15) is 11.8 Å². The highest BCUT2D eigenvalue weighted by Crippen LogP contribution is 2.17. The molecule has 2 rings (SSSR count). The Balaban J connectivity index is 1.94. The number of hydrogen-bond donors (Lipinski definition) is 0. The van der Waals surface area contributed by atoms with Crippen LogP contribution in [0.2, 0.25) is 0 Å². The van der Waals surface area contributed by atoms with E-state index < -0.39 is 0 Å². The Morgan fingerprint density at radius 1 is 1.42 bits per heavy atom. The van der Waals surface area contributed by atoms with Gasteiger partial charge in [-0.05, 0) is 26.0 Å². The molecule has 1 saturated heterocycles. The van der Waals surface area contributed by atoms with Gasteiger partial charge < -0.3 is 14.2 Å². The molecule has 0 N–H and O–H groups in total. The van der Waals surface area contributed by atoms with E-state index in [0.717, 1.165) is 6.41 Å². The van der Waals surface area contributed by atoms with E-state index in [1.807, 2.05) is 30.7 Å². The maximum Gasteiger partial charge on any atom is 0.355 e. The van der Waals surface area contributed by atoms with Crippen molar-refractivity contribution in [1.82, 2.24) is 9.47 Å². The van der Waals surface area contributed by atoms with Crippen LogP contribution in [0.1, 0.15) is 43.2 Å². The van der Waals surface area contributed by atoms with E-state index in [-0.39, 0.29) is 18.1 Å². The minimum Gasteiger partial charge on any atom is -0.458 e. The molecule has 0 spiro atoms. The number of esters is 1. The summed E-state index contributed by atoms with van der Waals surface area (Å²) in [5.41, 5.74) is 0.591. The van der Waals surface area contributed by atoms with E-state index in [2.05, 4.69) is 0 Å². The summed E-state index contributed by atoms with van der Waals surface area (Å²) < 4.78 is 7.42.